The van der Waals surface area contributed by atoms with Crippen LogP contribution in [0.2, 0.25) is 0 Å². The van der Waals surface area contributed by atoms with Crippen LogP contribution < -0.4 is 26.0 Å². The molecule has 0 fully saturated rings. The first-order valence-electron chi connectivity index (χ1n) is 13.8. The number of benzene rings is 2. The van der Waals surface area contributed by atoms with Crippen LogP contribution >= 0.6 is 0 Å². The lowest BCUT2D eigenvalue weighted by Gasteiger charge is -2.25. The van der Waals surface area contributed by atoms with Crippen molar-refractivity contribution in [2.45, 2.75) is 47.2 Å². The minimum atomic E-state index is -0.548. The Bertz CT molecular complexity index is 1770. The number of carbonyl (C=O) groups is 1. The zero-order chi connectivity index (χ0) is 30.1. The first kappa shape index (κ1) is 28.7. The number of carbonyl (C=O) groups excluding carboxylic acids is 1. The van der Waals surface area contributed by atoms with Gasteiger partial charge in [-0.1, -0.05) is 28.0 Å². The van der Waals surface area contributed by atoms with Crippen molar-refractivity contribution in [3.05, 3.63) is 74.3 Å². The summed E-state index contributed by atoms with van der Waals surface area (Å²) in [5.41, 5.74) is 6.73. The van der Waals surface area contributed by atoms with Crippen molar-refractivity contribution in [3.8, 4) is 28.6 Å². The Kier molecular flexibility index (Phi) is 7.88. The third kappa shape index (κ3) is 5.27. The maximum Gasteiger partial charge on any atom is 0.330 e. The maximum absolute atomic E-state index is 14.0. The Morgan fingerprint density at radius 2 is 1.86 bits per heavy atom. The topological polar surface area (TPSA) is 138 Å². The average molecular weight is 574 g/mol. The van der Waals surface area contributed by atoms with Gasteiger partial charge in [-0.15, -0.1) is 0 Å². The van der Waals surface area contributed by atoms with Gasteiger partial charge in [0.1, 0.15) is 5.49 Å². The molecule has 0 bridgehead atoms. The van der Waals surface area contributed by atoms with Crippen LogP contribution in [0.3, 0.4) is 0 Å². The van der Waals surface area contributed by atoms with E-state index in [0.29, 0.717) is 36.6 Å². The molecule has 0 radical (unpaired) electrons. The number of nitrogens with one attached hydrogen (secondary N) is 1. The van der Waals surface area contributed by atoms with Gasteiger partial charge in [0.05, 0.1) is 25.1 Å². The molecule has 220 valence electrons. The van der Waals surface area contributed by atoms with E-state index in [9.17, 15) is 14.7 Å². The summed E-state index contributed by atoms with van der Waals surface area (Å²) < 4.78 is 15.9. The van der Waals surface area contributed by atoms with Gasteiger partial charge in [0, 0.05) is 38.3 Å². The highest BCUT2D eigenvalue weighted by atomic mass is 16.5. The molecule has 42 heavy (non-hydrogen) atoms. The number of methoxy groups -OCH3 is 1. The Morgan fingerprint density at radius 3 is 2.50 bits per heavy atom. The number of ether oxygens (including phenoxy) is 2. The van der Waals surface area contributed by atoms with Gasteiger partial charge in [-0.05, 0) is 62.9 Å². The van der Waals surface area contributed by atoms with Crippen molar-refractivity contribution in [1.29, 1.82) is 0 Å². The average Bonchev–Trinajstić information content (AvgIpc) is 3.29. The Hall–Kier alpha value is -4.87. The van der Waals surface area contributed by atoms with Crippen LogP contribution in [0.5, 0.6) is 17.4 Å². The number of aromatic nitrogens is 5. The second-order valence-electron chi connectivity index (χ2n) is 10.3. The summed E-state index contributed by atoms with van der Waals surface area (Å²) in [6.45, 7) is 9.21. The molecule has 0 spiro atoms. The number of aryl methyl sites for hydroxylation is 5. The summed E-state index contributed by atoms with van der Waals surface area (Å²) >= 11 is 0. The predicted molar refractivity (Wildman–Crippen MR) is 156 cm³/mol. The molecule has 12 nitrogen and oxygen atoms in total. The second kappa shape index (κ2) is 11.6. The van der Waals surface area contributed by atoms with E-state index in [-0.39, 0.29) is 24.5 Å². The first-order valence-corrected chi connectivity index (χ1v) is 13.8. The smallest absolute Gasteiger partial charge is 0.330 e. The van der Waals surface area contributed by atoms with Crippen molar-refractivity contribution in [3.63, 3.8) is 0 Å². The van der Waals surface area contributed by atoms with E-state index < -0.39 is 11.8 Å². The van der Waals surface area contributed by atoms with Gasteiger partial charge in [0.2, 0.25) is 0 Å². The Balaban J connectivity index is 1.63. The molecule has 1 aliphatic heterocycles. The molecular weight excluding hydrogens is 538 g/mol. The van der Waals surface area contributed by atoms with Crippen LogP contribution in [0.25, 0.3) is 11.3 Å². The standard InChI is InChI=1S/C30H35N7O5/c1-7-42-24-14-20-8-10-36-22(21(20)15-23(24)41-6)16-25(32-26-18(3)12-17(2)13-19(26)4)37(30(36)40)11-9-31-28(38)27-29(39)33-34-35(27)5/h12-16,39H,7-11H2,1-6H3,(H,31,38). The van der Waals surface area contributed by atoms with Crippen LogP contribution in [0, 0.1) is 20.8 Å². The molecule has 4 aromatic rings. The van der Waals surface area contributed by atoms with Crippen LogP contribution in [-0.2, 0) is 26.6 Å². The van der Waals surface area contributed by atoms with E-state index in [2.05, 4.69) is 27.8 Å². The maximum atomic E-state index is 14.0. The predicted octanol–water partition coefficient (Wildman–Crippen LogP) is 2.70. The van der Waals surface area contributed by atoms with Gasteiger partial charge < -0.3 is 19.9 Å². The third-order valence-corrected chi connectivity index (χ3v) is 7.37. The summed E-state index contributed by atoms with van der Waals surface area (Å²) in [5.74, 6) is 0.252. The summed E-state index contributed by atoms with van der Waals surface area (Å²) in [6, 6.07) is 9.93. The fraction of sp³-hybridized carbons (Fsp3) is 0.367. The zero-order valence-corrected chi connectivity index (χ0v) is 24.7. The molecular formula is C30H35N7O5. The van der Waals surface area contributed by atoms with E-state index in [1.807, 2.05) is 45.9 Å². The largest absolute Gasteiger partial charge is 0.493 e. The molecule has 0 aliphatic carbocycles. The van der Waals surface area contributed by atoms with E-state index in [0.717, 1.165) is 39.2 Å². The fourth-order valence-electron chi connectivity index (χ4n) is 5.50. The lowest BCUT2D eigenvalue weighted by Crippen LogP contribution is -2.44. The summed E-state index contributed by atoms with van der Waals surface area (Å²) in [6.07, 6.45) is 0.641. The van der Waals surface area contributed by atoms with Gasteiger partial charge in [0.15, 0.2) is 17.2 Å². The molecule has 0 unspecified atom stereocenters. The van der Waals surface area contributed by atoms with E-state index >= 15 is 0 Å². The lowest BCUT2D eigenvalue weighted by atomic mass is 9.97. The highest BCUT2D eigenvalue weighted by Gasteiger charge is 2.23. The summed E-state index contributed by atoms with van der Waals surface area (Å²) in [7, 11) is 3.11. The van der Waals surface area contributed by atoms with Gasteiger partial charge in [-0.2, -0.15) is 0 Å². The number of fused-ring (bicyclic) bond motifs is 3. The molecule has 2 aromatic carbocycles. The number of rotatable bonds is 8. The number of hydrogen-bond acceptors (Lipinski definition) is 8. The molecule has 0 saturated heterocycles. The van der Waals surface area contributed by atoms with E-state index in [4.69, 9.17) is 14.5 Å². The van der Waals surface area contributed by atoms with Gasteiger partial charge in [0.25, 0.3) is 11.8 Å². The highest BCUT2D eigenvalue weighted by molar-refractivity contribution is 5.94. The highest BCUT2D eigenvalue weighted by Crippen LogP contribution is 2.37. The van der Waals surface area contributed by atoms with Crippen molar-refractivity contribution in [2.24, 2.45) is 12.0 Å². The Morgan fingerprint density at radius 1 is 1.12 bits per heavy atom. The third-order valence-electron chi connectivity index (χ3n) is 7.37. The zero-order valence-electron chi connectivity index (χ0n) is 24.7. The number of amides is 1. The molecule has 3 heterocycles. The second-order valence-corrected chi connectivity index (χ2v) is 10.3. The number of nitrogens with zero attached hydrogens (tertiary/aromatic N) is 6. The summed E-state index contributed by atoms with van der Waals surface area (Å²) in [5, 5.41) is 19.8. The van der Waals surface area contributed by atoms with Gasteiger partial charge in [-0.25, -0.2) is 14.5 Å². The van der Waals surface area contributed by atoms with Crippen molar-refractivity contribution in [1.82, 2.24) is 29.4 Å². The van der Waals surface area contributed by atoms with Crippen molar-refractivity contribution in [2.75, 3.05) is 20.3 Å². The minimum Gasteiger partial charge on any atom is -0.493 e. The molecule has 0 atom stereocenters. The Labute approximate surface area is 242 Å². The van der Waals surface area contributed by atoms with Crippen LogP contribution in [0.1, 0.15) is 39.7 Å². The van der Waals surface area contributed by atoms with Crippen molar-refractivity contribution >= 4 is 11.6 Å². The quantitative estimate of drug-likeness (QED) is 0.331. The van der Waals surface area contributed by atoms with Crippen LogP contribution in [-0.4, -0.2) is 55.4 Å². The molecule has 12 heteroatoms. The van der Waals surface area contributed by atoms with E-state index in [1.54, 1.807) is 16.2 Å². The minimum absolute atomic E-state index is 0.0602. The molecule has 0 saturated carbocycles. The molecule has 2 N–H and O–H groups in total. The molecule has 5 rings (SSSR count). The monoisotopic (exact) mass is 573 g/mol. The number of aromatic hydroxyl groups is 1. The first-order chi connectivity index (χ1) is 20.1. The molecule has 1 aliphatic rings. The SMILES string of the molecule is CCOc1cc2c(cc1OC)-c1cc(=Nc3c(C)cc(C)cc3C)n(CCNC(=O)c3c(O)nnn3C)c(=O)n1CC2. The normalized spacial score (nSPS) is 12.6. The molecule has 2 aromatic heterocycles. The van der Waals surface area contributed by atoms with E-state index in [1.165, 1.54) is 11.7 Å². The number of hydrogen-bond donors (Lipinski definition) is 2. The van der Waals surface area contributed by atoms with Crippen LogP contribution in [0.4, 0.5) is 5.69 Å². The van der Waals surface area contributed by atoms with Crippen LogP contribution in [0.15, 0.2) is 40.1 Å². The van der Waals surface area contributed by atoms with Crippen molar-refractivity contribution < 1.29 is 19.4 Å². The summed E-state index contributed by atoms with van der Waals surface area (Å²) in [4.78, 5) is 31.7. The lowest BCUT2D eigenvalue weighted by molar-refractivity contribution is 0.0939. The van der Waals surface area contributed by atoms with Gasteiger partial charge in [-0.3, -0.25) is 13.9 Å². The van der Waals surface area contributed by atoms with Gasteiger partial charge >= 0.3 is 5.69 Å². The fourth-order valence-corrected chi connectivity index (χ4v) is 5.50. The molecule has 1 amide bonds.